The third-order valence-corrected chi connectivity index (χ3v) is 4.50. The zero-order chi connectivity index (χ0) is 17.7. The Labute approximate surface area is 176 Å². The Morgan fingerprint density at radius 3 is 2.65 bits per heavy atom. The lowest BCUT2D eigenvalue weighted by molar-refractivity contribution is 0.626. The smallest absolute Gasteiger partial charge is 0.191 e. The lowest BCUT2D eigenvalue weighted by Crippen LogP contribution is -2.38. The first-order chi connectivity index (χ1) is 12.3. The maximum absolute atomic E-state index is 12.9. The second-order valence-electron chi connectivity index (χ2n) is 5.41. The number of thioether (sulfide) groups is 1. The molecule has 0 saturated carbocycles. The van der Waals surface area contributed by atoms with E-state index in [9.17, 15) is 4.39 Å². The Bertz CT molecular complexity index is 638. The monoisotopic (exact) mass is 488 g/mol. The van der Waals surface area contributed by atoms with Crippen molar-refractivity contribution in [3.63, 3.8) is 0 Å². The molecule has 0 amide bonds. The normalized spacial score (nSPS) is 10.9. The number of pyridine rings is 1. The number of hydrogen-bond acceptors (Lipinski definition) is 3. The molecular weight excluding hydrogens is 462 g/mol. The standard InChI is InChI=1S/C19H25FN4S.HI/c1-2-21-19(24-14-11-17-6-3-4-12-22-17)23-13-5-15-25-18-9-7-16(20)8-10-18;/h3-4,6-10,12H,2,5,11,13-15H2,1H3,(H2,21,23,24);1H. The maximum atomic E-state index is 12.9. The van der Waals surface area contributed by atoms with Gasteiger partial charge in [-0.05, 0) is 55.5 Å². The molecule has 0 atom stereocenters. The Hall–Kier alpha value is -1.35. The fraction of sp³-hybridized carbons (Fsp3) is 0.368. The Morgan fingerprint density at radius 2 is 1.96 bits per heavy atom. The average molecular weight is 488 g/mol. The van der Waals surface area contributed by atoms with Crippen molar-refractivity contribution in [1.82, 2.24) is 15.6 Å². The number of aliphatic imine (C=N–C) groups is 1. The molecule has 0 bridgehead atoms. The molecule has 0 aliphatic carbocycles. The second-order valence-corrected chi connectivity index (χ2v) is 6.58. The van der Waals surface area contributed by atoms with E-state index in [4.69, 9.17) is 0 Å². The highest BCUT2D eigenvalue weighted by atomic mass is 127. The summed E-state index contributed by atoms with van der Waals surface area (Å²) < 4.78 is 12.9. The summed E-state index contributed by atoms with van der Waals surface area (Å²) in [5.41, 5.74) is 1.07. The number of rotatable bonds is 9. The maximum Gasteiger partial charge on any atom is 0.191 e. The van der Waals surface area contributed by atoms with Crippen LogP contribution in [0.4, 0.5) is 4.39 Å². The minimum atomic E-state index is -0.194. The van der Waals surface area contributed by atoms with Crippen molar-refractivity contribution in [2.75, 3.05) is 25.4 Å². The van der Waals surface area contributed by atoms with Gasteiger partial charge in [-0.25, -0.2) is 4.39 Å². The molecule has 0 fully saturated rings. The van der Waals surface area contributed by atoms with Gasteiger partial charge in [0.05, 0.1) is 0 Å². The van der Waals surface area contributed by atoms with Gasteiger partial charge in [-0.15, -0.1) is 35.7 Å². The van der Waals surface area contributed by atoms with Crippen LogP contribution in [-0.2, 0) is 6.42 Å². The van der Waals surface area contributed by atoms with Gasteiger partial charge in [-0.1, -0.05) is 6.07 Å². The van der Waals surface area contributed by atoms with Gasteiger partial charge in [0.25, 0.3) is 0 Å². The molecule has 1 aromatic carbocycles. The van der Waals surface area contributed by atoms with Crippen molar-refractivity contribution in [1.29, 1.82) is 0 Å². The van der Waals surface area contributed by atoms with Crippen LogP contribution in [0.3, 0.4) is 0 Å². The molecular formula is C19H26FIN4S. The summed E-state index contributed by atoms with van der Waals surface area (Å²) in [6.07, 6.45) is 3.65. The lowest BCUT2D eigenvalue weighted by atomic mass is 10.3. The van der Waals surface area contributed by atoms with Crippen LogP contribution in [0.25, 0.3) is 0 Å². The van der Waals surface area contributed by atoms with Crippen LogP contribution in [-0.4, -0.2) is 36.3 Å². The fourth-order valence-corrected chi connectivity index (χ4v) is 3.01. The summed E-state index contributed by atoms with van der Waals surface area (Å²) in [6, 6.07) is 12.6. The highest BCUT2D eigenvalue weighted by Gasteiger charge is 1.99. The topological polar surface area (TPSA) is 49.3 Å². The quantitative estimate of drug-likeness (QED) is 0.183. The fourth-order valence-electron chi connectivity index (χ4n) is 2.17. The summed E-state index contributed by atoms with van der Waals surface area (Å²) in [7, 11) is 0. The van der Waals surface area contributed by atoms with Crippen molar-refractivity contribution in [2.45, 2.75) is 24.7 Å². The van der Waals surface area contributed by atoms with E-state index in [2.05, 4.69) is 27.5 Å². The molecule has 4 nitrogen and oxygen atoms in total. The molecule has 0 radical (unpaired) electrons. The SMILES string of the molecule is CCNC(=NCCCSc1ccc(F)cc1)NCCc1ccccn1.I. The third-order valence-electron chi connectivity index (χ3n) is 3.40. The van der Waals surface area contributed by atoms with Crippen LogP contribution in [0.5, 0.6) is 0 Å². The minimum Gasteiger partial charge on any atom is -0.357 e. The Kier molecular flexibility index (Phi) is 12.0. The first-order valence-electron chi connectivity index (χ1n) is 8.58. The first-order valence-corrected chi connectivity index (χ1v) is 9.57. The van der Waals surface area contributed by atoms with Gasteiger partial charge < -0.3 is 10.6 Å². The average Bonchev–Trinajstić information content (AvgIpc) is 2.64. The van der Waals surface area contributed by atoms with Crippen molar-refractivity contribution < 1.29 is 4.39 Å². The molecule has 0 aliphatic heterocycles. The molecule has 0 spiro atoms. The van der Waals surface area contributed by atoms with Crippen molar-refractivity contribution in [2.24, 2.45) is 4.99 Å². The van der Waals surface area contributed by atoms with Gasteiger partial charge in [-0.2, -0.15) is 0 Å². The molecule has 7 heteroatoms. The number of nitrogens with one attached hydrogen (secondary N) is 2. The van der Waals surface area contributed by atoms with Gasteiger partial charge >= 0.3 is 0 Å². The van der Waals surface area contributed by atoms with E-state index in [1.165, 1.54) is 12.1 Å². The molecule has 26 heavy (non-hydrogen) atoms. The van der Waals surface area contributed by atoms with Gasteiger partial charge in [-0.3, -0.25) is 9.98 Å². The van der Waals surface area contributed by atoms with Crippen LogP contribution in [0.15, 0.2) is 58.5 Å². The van der Waals surface area contributed by atoms with Crippen molar-refractivity contribution >= 4 is 41.7 Å². The van der Waals surface area contributed by atoms with E-state index in [0.717, 1.165) is 54.8 Å². The molecule has 0 saturated heterocycles. The van der Waals surface area contributed by atoms with E-state index in [-0.39, 0.29) is 29.8 Å². The van der Waals surface area contributed by atoms with Crippen LogP contribution < -0.4 is 10.6 Å². The van der Waals surface area contributed by atoms with Crippen molar-refractivity contribution in [3.8, 4) is 0 Å². The minimum absolute atomic E-state index is 0. The number of benzene rings is 1. The van der Waals surface area contributed by atoms with Gasteiger partial charge in [0, 0.05) is 42.8 Å². The number of halogens is 2. The van der Waals surface area contributed by atoms with Crippen LogP contribution in [0.1, 0.15) is 19.0 Å². The zero-order valence-electron chi connectivity index (χ0n) is 15.0. The van der Waals surface area contributed by atoms with E-state index >= 15 is 0 Å². The number of nitrogens with zero attached hydrogens (tertiary/aromatic N) is 2. The van der Waals surface area contributed by atoms with E-state index < -0.39 is 0 Å². The zero-order valence-corrected chi connectivity index (χ0v) is 18.1. The number of aromatic nitrogens is 1. The van der Waals surface area contributed by atoms with E-state index in [1.807, 2.05) is 36.5 Å². The summed E-state index contributed by atoms with van der Waals surface area (Å²) in [4.78, 5) is 10.00. The molecule has 142 valence electrons. The molecule has 2 aromatic rings. The Morgan fingerprint density at radius 1 is 1.15 bits per heavy atom. The van der Waals surface area contributed by atoms with Gasteiger partial charge in [0.15, 0.2) is 5.96 Å². The van der Waals surface area contributed by atoms with Crippen molar-refractivity contribution in [3.05, 3.63) is 60.2 Å². The van der Waals surface area contributed by atoms with Crippen LogP contribution in [0, 0.1) is 5.82 Å². The Balaban J connectivity index is 0.00000338. The van der Waals surface area contributed by atoms with Crippen LogP contribution >= 0.6 is 35.7 Å². The summed E-state index contributed by atoms with van der Waals surface area (Å²) in [6.45, 7) is 4.44. The summed E-state index contributed by atoms with van der Waals surface area (Å²) in [5, 5.41) is 6.59. The molecule has 2 N–H and O–H groups in total. The summed E-state index contributed by atoms with van der Waals surface area (Å²) >= 11 is 1.72. The predicted octanol–water partition coefficient (Wildman–Crippen LogP) is 4.12. The highest BCUT2D eigenvalue weighted by molar-refractivity contribution is 14.0. The number of hydrogen-bond donors (Lipinski definition) is 2. The van der Waals surface area contributed by atoms with Crippen LogP contribution in [0.2, 0.25) is 0 Å². The first kappa shape index (κ1) is 22.7. The van der Waals surface area contributed by atoms with E-state index in [0.29, 0.717) is 0 Å². The molecule has 2 rings (SSSR count). The van der Waals surface area contributed by atoms with Gasteiger partial charge in [0.1, 0.15) is 5.82 Å². The number of guanidine groups is 1. The third kappa shape index (κ3) is 9.38. The highest BCUT2D eigenvalue weighted by Crippen LogP contribution is 2.18. The molecule has 0 unspecified atom stereocenters. The molecule has 1 aromatic heterocycles. The van der Waals surface area contributed by atoms with Gasteiger partial charge in [0.2, 0.25) is 0 Å². The molecule has 1 heterocycles. The molecule has 0 aliphatic rings. The summed E-state index contributed by atoms with van der Waals surface area (Å²) in [5.74, 6) is 1.61. The lowest BCUT2D eigenvalue weighted by Gasteiger charge is -2.11. The largest absolute Gasteiger partial charge is 0.357 e. The van der Waals surface area contributed by atoms with E-state index in [1.54, 1.807) is 11.8 Å². The predicted molar refractivity (Wildman–Crippen MR) is 119 cm³/mol. The second kappa shape index (κ2) is 13.8.